The van der Waals surface area contributed by atoms with Crippen LogP contribution in [0.2, 0.25) is 0 Å². The Morgan fingerprint density at radius 3 is 2.19 bits per heavy atom. The molecule has 4 unspecified atom stereocenters. The molecule has 1 aliphatic heterocycles. The Labute approximate surface area is 127 Å². The molecular weight excluding hydrogens is 270 g/mol. The van der Waals surface area contributed by atoms with Gasteiger partial charge in [-0.25, -0.2) is 0 Å². The lowest BCUT2D eigenvalue weighted by molar-refractivity contribution is -0.880. The number of carboxylic acid groups (broad SMARTS) is 2. The van der Waals surface area contributed by atoms with Crippen LogP contribution in [-0.4, -0.2) is 43.6 Å². The molecule has 1 aliphatic rings. The summed E-state index contributed by atoms with van der Waals surface area (Å²) in [7, 11) is 4.41. The van der Waals surface area contributed by atoms with Crippen LogP contribution in [-0.2, 0) is 9.59 Å². The van der Waals surface area contributed by atoms with E-state index in [0.29, 0.717) is 18.3 Å². The molecule has 0 aromatic heterocycles. The number of nitrogens with zero attached hydrogens (tertiary/aromatic N) is 1. The number of quaternary nitrogens is 1. The van der Waals surface area contributed by atoms with Crippen LogP contribution in [0.1, 0.15) is 39.5 Å². The van der Waals surface area contributed by atoms with Crippen LogP contribution in [0.3, 0.4) is 0 Å². The molecule has 0 spiro atoms. The van der Waals surface area contributed by atoms with Gasteiger partial charge in [-0.05, 0) is 37.5 Å². The number of likely N-dealkylation sites (tertiary alicyclic amines) is 1. The summed E-state index contributed by atoms with van der Waals surface area (Å²) in [4.78, 5) is 22.0. The molecule has 0 aliphatic carbocycles. The third kappa shape index (κ3) is 5.30. The lowest BCUT2D eigenvalue weighted by Crippen LogP contribution is -2.37. The second-order valence-electron chi connectivity index (χ2n) is 7.28. The SMILES string of the molecule is CCC1C[N+](C)(C)CC1CCC(CC(C)C(=O)[O-])C(=O)[O-]. The normalized spacial score (nSPS) is 27.2. The third-order valence-electron chi connectivity index (χ3n) is 4.91. The number of carbonyl (C=O) groups excluding carboxylic acids is 2. The van der Waals surface area contributed by atoms with E-state index < -0.39 is 23.8 Å². The molecule has 0 aromatic rings. The molecule has 122 valence electrons. The van der Waals surface area contributed by atoms with Crippen molar-refractivity contribution in [2.45, 2.75) is 39.5 Å². The monoisotopic (exact) mass is 298 g/mol. The fraction of sp³-hybridized carbons (Fsp3) is 0.875. The van der Waals surface area contributed by atoms with E-state index in [1.807, 2.05) is 0 Å². The maximum absolute atomic E-state index is 11.2. The van der Waals surface area contributed by atoms with Gasteiger partial charge in [0.25, 0.3) is 0 Å². The summed E-state index contributed by atoms with van der Waals surface area (Å²) in [6.45, 7) is 5.87. The van der Waals surface area contributed by atoms with Crippen molar-refractivity contribution in [1.29, 1.82) is 0 Å². The lowest BCUT2D eigenvalue weighted by atomic mass is 9.84. The highest BCUT2D eigenvalue weighted by molar-refractivity contribution is 5.71. The highest BCUT2D eigenvalue weighted by Gasteiger charge is 2.38. The third-order valence-corrected chi connectivity index (χ3v) is 4.91. The second-order valence-corrected chi connectivity index (χ2v) is 7.28. The van der Waals surface area contributed by atoms with Gasteiger partial charge in [-0.1, -0.05) is 13.8 Å². The fourth-order valence-corrected chi connectivity index (χ4v) is 3.70. The molecule has 5 heteroatoms. The Kier molecular flexibility index (Phi) is 6.20. The quantitative estimate of drug-likeness (QED) is 0.573. The van der Waals surface area contributed by atoms with Gasteiger partial charge in [0.15, 0.2) is 0 Å². The maximum atomic E-state index is 11.2. The van der Waals surface area contributed by atoms with Crippen molar-refractivity contribution in [3.05, 3.63) is 0 Å². The minimum atomic E-state index is -1.19. The zero-order valence-corrected chi connectivity index (χ0v) is 13.6. The summed E-state index contributed by atoms with van der Waals surface area (Å²) in [5.41, 5.74) is 0. The molecular formula is C16H28NO4-. The number of hydrogen-bond donors (Lipinski definition) is 0. The van der Waals surface area contributed by atoms with Gasteiger partial charge >= 0.3 is 0 Å². The number of carboxylic acids is 2. The lowest BCUT2D eigenvalue weighted by Gasteiger charge is -2.25. The predicted molar refractivity (Wildman–Crippen MR) is 75.6 cm³/mol. The number of hydrogen-bond acceptors (Lipinski definition) is 4. The first kappa shape index (κ1) is 18.0. The summed E-state index contributed by atoms with van der Waals surface area (Å²) in [6.07, 6.45) is 2.55. The summed E-state index contributed by atoms with van der Waals surface area (Å²) in [6, 6.07) is 0. The second kappa shape index (κ2) is 7.25. The first-order chi connectivity index (χ1) is 9.66. The summed E-state index contributed by atoms with van der Waals surface area (Å²) >= 11 is 0. The largest absolute Gasteiger partial charge is 0.550 e. The van der Waals surface area contributed by atoms with Gasteiger partial charge in [-0.15, -0.1) is 0 Å². The summed E-state index contributed by atoms with van der Waals surface area (Å²) in [5.74, 6) is -2.61. The molecule has 0 amide bonds. The minimum absolute atomic E-state index is 0.104. The highest BCUT2D eigenvalue weighted by Crippen LogP contribution is 2.34. The summed E-state index contributed by atoms with van der Waals surface area (Å²) in [5, 5.41) is 22.0. The van der Waals surface area contributed by atoms with Gasteiger partial charge in [0.2, 0.25) is 0 Å². The van der Waals surface area contributed by atoms with Crippen LogP contribution in [0.5, 0.6) is 0 Å². The van der Waals surface area contributed by atoms with Gasteiger partial charge in [-0.3, -0.25) is 0 Å². The van der Waals surface area contributed by atoms with Gasteiger partial charge in [-0.2, -0.15) is 0 Å². The van der Waals surface area contributed by atoms with E-state index >= 15 is 0 Å². The molecule has 0 saturated carbocycles. The van der Waals surface area contributed by atoms with E-state index in [1.54, 1.807) is 0 Å². The van der Waals surface area contributed by atoms with E-state index in [-0.39, 0.29) is 6.42 Å². The zero-order chi connectivity index (χ0) is 16.2. The number of carbonyl (C=O) groups is 2. The van der Waals surface area contributed by atoms with Crippen molar-refractivity contribution in [1.82, 2.24) is 0 Å². The minimum Gasteiger partial charge on any atom is -0.550 e. The molecule has 21 heavy (non-hydrogen) atoms. The van der Waals surface area contributed by atoms with Crippen molar-refractivity contribution in [3.63, 3.8) is 0 Å². The van der Waals surface area contributed by atoms with Crippen molar-refractivity contribution in [2.75, 3.05) is 27.2 Å². The van der Waals surface area contributed by atoms with Gasteiger partial charge in [0.05, 0.1) is 27.2 Å². The van der Waals surface area contributed by atoms with Crippen LogP contribution in [0.25, 0.3) is 0 Å². The van der Waals surface area contributed by atoms with Crippen molar-refractivity contribution >= 4 is 11.9 Å². The van der Waals surface area contributed by atoms with Crippen molar-refractivity contribution in [2.24, 2.45) is 23.7 Å². The fourth-order valence-electron chi connectivity index (χ4n) is 3.70. The molecule has 1 fully saturated rings. The maximum Gasteiger partial charge on any atom is 0.0816 e. The number of aliphatic carboxylic acids is 2. The van der Waals surface area contributed by atoms with Crippen LogP contribution in [0.15, 0.2) is 0 Å². The molecule has 0 radical (unpaired) electrons. The highest BCUT2D eigenvalue weighted by atomic mass is 16.4. The van der Waals surface area contributed by atoms with Crippen molar-refractivity contribution < 1.29 is 24.3 Å². The van der Waals surface area contributed by atoms with E-state index in [2.05, 4.69) is 21.0 Å². The standard InChI is InChI=1S/C16H29NO4/c1-5-12-9-17(3,4)10-14(12)7-6-13(16(20)21)8-11(2)15(18)19/h11-14H,5-10H2,1-4H3,(H-,18,19,20,21)/p-1. The Bertz CT molecular complexity index is 380. The Morgan fingerprint density at radius 2 is 1.71 bits per heavy atom. The first-order valence-corrected chi connectivity index (χ1v) is 7.90. The van der Waals surface area contributed by atoms with Crippen LogP contribution < -0.4 is 10.2 Å². The molecule has 1 rings (SSSR count). The van der Waals surface area contributed by atoms with Crippen LogP contribution >= 0.6 is 0 Å². The van der Waals surface area contributed by atoms with E-state index in [9.17, 15) is 19.8 Å². The summed E-state index contributed by atoms with van der Waals surface area (Å²) < 4.78 is 0.981. The molecule has 1 saturated heterocycles. The van der Waals surface area contributed by atoms with Crippen LogP contribution in [0, 0.1) is 23.7 Å². The van der Waals surface area contributed by atoms with Gasteiger partial charge < -0.3 is 24.3 Å². The van der Waals surface area contributed by atoms with Crippen LogP contribution in [0.4, 0.5) is 0 Å². The molecule has 0 aromatic carbocycles. The topological polar surface area (TPSA) is 80.3 Å². The Hall–Kier alpha value is -1.10. The van der Waals surface area contributed by atoms with Gasteiger partial charge in [0.1, 0.15) is 0 Å². The number of rotatable bonds is 8. The van der Waals surface area contributed by atoms with Gasteiger partial charge in [0, 0.05) is 23.8 Å². The van der Waals surface area contributed by atoms with E-state index in [4.69, 9.17) is 0 Å². The van der Waals surface area contributed by atoms with E-state index in [1.165, 1.54) is 6.92 Å². The van der Waals surface area contributed by atoms with Crippen molar-refractivity contribution in [3.8, 4) is 0 Å². The molecule has 5 nitrogen and oxygen atoms in total. The average Bonchev–Trinajstić information content (AvgIpc) is 2.68. The molecule has 1 heterocycles. The first-order valence-electron chi connectivity index (χ1n) is 7.90. The average molecular weight is 298 g/mol. The smallest absolute Gasteiger partial charge is 0.0816 e. The molecule has 0 N–H and O–H groups in total. The predicted octanol–water partition coefficient (Wildman–Crippen LogP) is -0.359. The Balaban J connectivity index is 2.57. The molecule has 0 bridgehead atoms. The Morgan fingerprint density at radius 1 is 1.14 bits per heavy atom. The van der Waals surface area contributed by atoms with E-state index in [0.717, 1.165) is 30.4 Å². The zero-order valence-electron chi connectivity index (χ0n) is 13.6. The molecule has 4 atom stereocenters.